The maximum Gasteiger partial charge on any atom is 0.167 e. The molecule has 34 heavy (non-hydrogen) atoms. The van der Waals surface area contributed by atoms with Gasteiger partial charge in [-0.3, -0.25) is 0 Å². The van der Waals surface area contributed by atoms with E-state index in [0.717, 1.165) is 36.8 Å². The lowest BCUT2D eigenvalue weighted by Gasteiger charge is -2.27. The highest BCUT2D eigenvalue weighted by atomic mass is 19.2. The topological polar surface area (TPSA) is 9.23 Å². The second-order valence-electron chi connectivity index (χ2n) is 8.74. The average Bonchev–Trinajstić information content (AvgIpc) is 2.86. The molecular weight excluding hydrogens is 433 g/mol. The van der Waals surface area contributed by atoms with Gasteiger partial charge in [0.05, 0.1) is 6.61 Å². The van der Waals surface area contributed by atoms with Gasteiger partial charge in [-0.25, -0.2) is 13.2 Å². The summed E-state index contributed by atoms with van der Waals surface area (Å²) in [5.41, 5.74) is 2.75. The number of hydrogen-bond acceptors (Lipinski definition) is 1. The molecule has 3 aromatic carbocycles. The molecular formula is C30H29F3O. The molecule has 3 aromatic rings. The fourth-order valence-electron chi connectivity index (χ4n) is 4.67. The zero-order valence-electron chi connectivity index (χ0n) is 19.4. The van der Waals surface area contributed by atoms with Crippen molar-refractivity contribution in [3.63, 3.8) is 0 Å². The monoisotopic (exact) mass is 462 g/mol. The fraction of sp³-hybridized carbons (Fsp3) is 0.267. The van der Waals surface area contributed by atoms with Gasteiger partial charge in [0.2, 0.25) is 0 Å². The molecule has 1 aliphatic rings. The van der Waals surface area contributed by atoms with E-state index >= 15 is 0 Å². The van der Waals surface area contributed by atoms with Crippen molar-refractivity contribution >= 4 is 12.2 Å². The third-order valence-electron chi connectivity index (χ3n) is 6.61. The molecule has 176 valence electrons. The molecule has 0 unspecified atom stereocenters. The van der Waals surface area contributed by atoms with Crippen LogP contribution in [-0.4, -0.2) is 6.61 Å². The van der Waals surface area contributed by atoms with E-state index in [4.69, 9.17) is 4.74 Å². The molecule has 0 aliphatic heterocycles. The minimum absolute atomic E-state index is 0.168. The third-order valence-corrected chi connectivity index (χ3v) is 6.61. The molecule has 1 saturated carbocycles. The first kappa shape index (κ1) is 23.9. The minimum Gasteiger partial charge on any atom is -0.494 e. The summed E-state index contributed by atoms with van der Waals surface area (Å²) in [6, 6.07) is 15.5. The summed E-state index contributed by atoms with van der Waals surface area (Å²) < 4.78 is 49.4. The van der Waals surface area contributed by atoms with Crippen LogP contribution in [0, 0.1) is 23.4 Å². The lowest BCUT2D eigenvalue weighted by Crippen LogP contribution is -2.13. The summed E-state index contributed by atoms with van der Waals surface area (Å²) in [5.74, 6) is -0.928. The summed E-state index contributed by atoms with van der Waals surface area (Å²) >= 11 is 0. The minimum atomic E-state index is -0.844. The molecule has 0 N–H and O–H groups in total. The first-order valence-corrected chi connectivity index (χ1v) is 11.8. The molecule has 0 amide bonds. The zero-order chi connectivity index (χ0) is 24.1. The van der Waals surface area contributed by atoms with Gasteiger partial charge < -0.3 is 4.74 Å². The molecule has 1 nitrogen and oxygen atoms in total. The van der Waals surface area contributed by atoms with Crippen LogP contribution in [0.2, 0.25) is 0 Å². The Labute approximate surface area is 199 Å². The molecule has 0 atom stereocenters. The fourth-order valence-corrected chi connectivity index (χ4v) is 4.67. The first-order chi connectivity index (χ1) is 16.5. The van der Waals surface area contributed by atoms with Crippen molar-refractivity contribution in [2.75, 3.05) is 6.61 Å². The van der Waals surface area contributed by atoms with Crippen LogP contribution in [0.25, 0.3) is 23.3 Å². The Bertz CT molecular complexity index is 1170. The van der Waals surface area contributed by atoms with E-state index in [-0.39, 0.29) is 28.8 Å². The van der Waals surface area contributed by atoms with Crippen molar-refractivity contribution in [2.24, 2.45) is 5.92 Å². The Hall–Kier alpha value is -3.27. The van der Waals surface area contributed by atoms with Gasteiger partial charge in [0.25, 0.3) is 0 Å². The van der Waals surface area contributed by atoms with Gasteiger partial charge in [0.15, 0.2) is 11.6 Å². The van der Waals surface area contributed by atoms with Crippen molar-refractivity contribution in [1.29, 1.82) is 0 Å². The van der Waals surface area contributed by atoms with Crippen LogP contribution in [-0.2, 0) is 0 Å². The summed E-state index contributed by atoms with van der Waals surface area (Å²) in [6.45, 7) is 6.08. The number of benzene rings is 3. The lowest BCUT2D eigenvalue weighted by molar-refractivity contribution is 0.336. The molecule has 0 radical (unpaired) electrons. The molecule has 0 spiro atoms. The zero-order valence-corrected chi connectivity index (χ0v) is 19.4. The predicted octanol–water partition coefficient (Wildman–Crippen LogP) is 8.80. The summed E-state index contributed by atoms with van der Waals surface area (Å²) in [5, 5.41) is 0. The van der Waals surface area contributed by atoms with Gasteiger partial charge in [-0.2, -0.15) is 0 Å². The van der Waals surface area contributed by atoms with Crippen LogP contribution in [0.3, 0.4) is 0 Å². The van der Waals surface area contributed by atoms with Crippen molar-refractivity contribution < 1.29 is 17.9 Å². The maximum atomic E-state index is 14.8. The van der Waals surface area contributed by atoms with Gasteiger partial charge in [0, 0.05) is 17.2 Å². The number of hydrogen-bond donors (Lipinski definition) is 0. The highest BCUT2D eigenvalue weighted by Gasteiger charge is 2.23. The van der Waals surface area contributed by atoms with E-state index in [1.165, 1.54) is 6.07 Å². The van der Waals surface area contributed by atoms with Crippen molar-refractivity contribution in [3.8, 4) is 16.9 Å². The first-order valence-electron chi connectivity index (χ1n) is 11.8. The quantitative estimate of drug-likeness (QED) is 0.341. The molecule has 1 aliphatic carbocycles. The largest absolute Gasteiger partial charge is 0.494 e. The molecule has 1 fully saturated rings. The molecule has 0 heterocycles. The van der Waals surface area contributed by atoms with Crippen molar-refractivity contribution in [2.45, 2.75) is 38.5 Å². The Morgan fingerprint density at radius 3 is 2.29 bits per heavy atom. The molecule has 4 heteroatoms. The van der Waals surface area contributed by atoms with Crippen LogP contribution < -0.4 is 4.74 Å². The highest BCUT2D eigenvalue weighted by Crippen LogP contribution is 2.38. The Morgan fingerprint density at radius 2 is 1.65 bits per heavy atom. The number of allylic oxidation sites excluding steroid dienone is 1. The number of rotatable bonds is 7. The van der Waals surface area contributed by atoms with Gasteiger partial charge >= 0.3 is 0 Å². The van der Waals surface area contributed by atoms with E-state index in [2.05, 4.69) is 6.58 Å². The summed E-state index contributed by atoms with van der Waals surface area (Å²) in [6.07, 6.45) is 8.81. The van der Waals surface area contributed by atoms with E-state index in [9.17, 15) is 13.2 Å². The van der Waals surface area contributed by atoms with Crippen LogP contribution in [0.15, 0.2) is 67.3 Å². The number of halogens is 3. The predicted molar refractivity (Wildman–Crippen MR) is 133 cm³/mol. The van der Waals surface area contributed by atoms with Gasteiger partial charge in [-0.15, -0.1) is 0 Å². The average molecular weight is 463 g/mol. The van der Waals surface area contributed by atoms with Crippen molar-refractivity contribution in [3.05, 3.63) is 101 Å². The second-order valence-corrected chi connectivity index (χ2v) is 8.74. The maximum absolute atomic E-state index is 14.8. The summed E-state index contributed by atoms with van der Waals surface area (Å²) in [4.78, 5) is 0. The highest BCUT2D eigenvalue weighted by molar-refractivity contribution is 5.68. The van der Waals surface area contributed by atoms with Crippen molar-refractivity contribution in [1.82, 2.24) is 0 Å². The SMILES string of the molecule is C=Cc1ccc(-c2ccc(C=CC3CCC(c4ccc(OCC)cc4F)CC3)c(F)c2F)cc1. The van der Waals surface area contributed by atoms with Crippen LogP contribution in [0.5, 0.6) is 5.75 Å². The Morgan fingerprint density at radius 1 is 0.912 bits per heavy atom. The van der Waals surface area contributed by atoms with Crippen LogP contribution >= 0.6 is 0 Å². The molecule has 0 bridgehead atoms. The van der Waals surface area contributed by atoms with Gasteiger partial charge in [0.1, 0.15) is 11.6 Å². The Kier molecular flexibility index (Phi) is 7.56. The Balaban J connectivity index is 1.41. The van der Waals surface area contributed by atoms with Crippen LogP contribution in [0.1, 0.15) is 55.2 Å². The number of ether oxygens (including phenoxy) is 1. The third kappa shape index (κ3) is 5.27. The standard InChI is InChI=1S/C30H29F3O/c1-3-20-5-10-23(11-6-20)27-17-15-24(29(32)30(27)33)14-9-21-7-12-22(13-8-21)26-18-16-25(34-4-2)19-28(26)31/h3,5-6,9-11,14-19,21-22H,1,4,7-8,12-13H2,2H3. The second kappa shape index (κ2) is 10.8. The normalized spacial score (nSPS) is 18.2. The molecule has 0 saturated heterocycles. The molecule has 4 rings (SSSR count). The van der Waals surface area contributed by atoms with E-state index in [1.807, 2.05) is 37.3 Å². The van der Waals surface area contributed by atoms with Gasteiger partial charge in [-0.05, 0) is 67.2 Å². The van der Waals surface area contributed by atoms with E-state index in [1.54, 1.807) is 36.4 Å². The molecule has 0 aromatic heterocycles. The van der Waals surface area contributed by atoms with Crippen LogP contribution in [0.4, 0.5) is 13.2 Å². The van der Waals surface area contributed by atoms with Gasteiger partial charge in [-0.1, -0.05) is 67.3 Å². The van der Waals surface area contributed by atoms with E-state index in [0.29, 0.717) is 17.9 Å². The summed E-state index contributed by atoms with van der Waals surface area (Å²) in [7, 11) is 0. The smallest absolute Gasteiger partial charge is 0.167 e. The van der Waals surface area contributed by atoms with E-state index < -0.39 is 11.6 Å². The lowest BCUT2D eigenvalue weighted by atomic mass is 9.78.